The van der Waals surface area contributed by atoms with Gasteiger partial charge in [0.25, 0.3) is 11.8 Å². The van der Waals surface area contributed by atoms with Crippen LogP contribution in [0.3, 0.4) is 0 Å². The Morgan fingerprint density at radius 1 is 1.09 bits per heavy atom. The number of thiazole rings is 1. The number of nitrogens with zero attached hydrogens (tertiary/aromatic N) is 5. The summed E-state index contributed by atoms with van der Waals surface area (Å²) in [5, 5.41) is 6.26. The van der Waals surface area contributed by atoms with Crippen molar-refractivity contribution in [1.29, 1.82) is 0 Å². The maximum atomic E-state index is 12.6. The molecule has 0 radical (unpaired) electrons. The Hall–Kier alpha value is -2.89. The molecular formula is C19H20Cl2N8O2S. The Labute approximate surface area is 198 Å². The van der Waals surface area contributed by atoms with Gasteiger partial charge in [-0.15, -0.1) is 11.3 Å². The molecule has 3 aromatic rings. The van der Waals surface area contributed by atoms with Crippen molar-refractivity contribution >= 4 is 58.1 Å². The standard InChI is InChI=1S/C19H20Cl2N8O2S/c1-8(27-16(31)12-11(21)14(22)26-7-25-12)17-23-6-10(32-17)15(30)29-18-24-5-9(20)13(28-18)19(2,3)4/h5-8H,1-4H3,(H,27,31)(H2,22,25,26)(H,24,28,29,30). The van der Waals surface area contributed by atoms with E-state index in [4.69, 9.17) is 28.9 Å². The van der Waals surface area contributed by atoms with E-state index in [1.54, 1.807) is 6.92 Å². The van der Waals surface area contributed by atoms with Crippen LogP contribution in [0.5, 0.6) is 0 Å². The largest absolute Gasteiger partial charge is 0.382 e. The number of amides is 2. The molecule has 0 aliphatic carbocycles. The molecule has 32 heavy (non-hydrogen) atoms. The lowest BCUT2D eigenvalue weighted by molar-refractivity contribution is 0.0934. The van der Waals surface area contributed by atoms with Crippen LogP contribution in [0.2, 0.25) is 10.0 Å². The van der Waals surface area contributed by atoms with Crippen LogP contribution >= 0.6 is 34.5 Å². The highest BCUT2D eigenvalue weighted by Gasteiger charge is 2.23. The third-order valence-corrected chi connectivity index (χ3v) is 6.00. The molecule has 3 heterocycles. The van der Waals surface area contributed by atoms with Crippen molar-refractivity contribution in [2.45, 2.75) is 39.2 Å². The quantitative estimate of drug-likeness (QED) is 0.486. The summed E-state index contributed by atoms with van der Waals surface area (Å²) in [6.07, 6.45) is 4.01. The second-order valence-electron chi connectivity index (χ2n) is 7.77. The molecule has 3 rings (SSSR count). The third kappa shape index (κ3) is 5.29. The van der Waals surface area contributed by atoms with Gasteiger partial charge in [-0.1, -0.05) is 44.0 Å². The normalized spacial score (nSPS) is 12.3. The predicted octanol–water partition coefficient (Wildman–Crippen LogP) is 3.65. The Kier molecular flexibility index (Phi) is 6.91. The van der Waals surface area contributed by atoms with E-state index in [0.717, 1.165) is 17.7 Å². The van der Waals surface area contributed by atoms with Gasteiger partial charge in [-0.05, 0) is 6.92 Å². The van der Waals surface area contributed by atoms with Gasteiger partial charge in [0.1, 0.15) is 27.1 Å². The van der Waals surface area contributed by atoms with Crippen LogP contribution < -0.4 is 16.4 Å². The Morgan fingerprint density at radius 3 is 2.50 bits per heavy atom. The van der Waals surface area contributed by atoms with Crippen molar-refractivity contribution in [1.82, 2.24) is 30.2 Å². The molecule has 3 aromatic heterocycles. The molecule has 0 fully saturated rings. The van der Waals surface area contributed by atoms with Gasteiger partial charge in [-0.25, -0.2) is 24.9 Å². The number of carbonyl (C=O) groups is 2. The number of nitrogen functional groups attached to an aromatic ring is 1. The molecule has 0 spiro atoms. The number of halogens is 2. The summed E-state index contributed by atoms with van der Waals surface area (Å²) in [4.78, 5) is 45.6. The molecule has 0 aliphatic heterocycles. The van der Waals surface area contributed by atoms with Crippen molar-refractivity contribution in [3.8, 4) is 0 Å². The van der Waals surface area contributed by atoms with Gasteiger partial charge in [0.2, 0.25) is 5.95 Å². The summed E-state index contributed by atoms with van der Waals surface area (Å²) < 4.78 is 0. The summed E-state index contributed by atoms with van der Waals surface area (Å²) in [5.41, 5.74) is 5.86. The summed E-state index contributed by atoms with van der Waals surface area (Å²) in [6, 6.07) is -0.513. The van der Waals surface area contributed by atoms with Gasteiger partial charge in [0, 0.05) is 5.41 Å². The van der Waals surface area contributed by atoms with Crippen molar-refractivity contribution in [2.24, 2.45) is 0 Å². The first kappa shape index (κ1) is 23.8. The molecule has 10 nitrogen and oxygen atoms in total. The van der Waals surface area contributed by atoms with E-state index in [-0.39, 0.29) is 27.9 Å². The number of carbonyl (C=O) groups excluding carboxylic acids is 2. The number of rotatable bonds is 5. The topological polar surface area (TPSA) is 149 Å². The zero-order valence-corrected chi connectivity index (χ0v) is 19.9. The Balaban J connectivity index is 1.70. The fraction of sp³-hybridized carbons (Fsp3) is 0.316. The smallest absolute Gasteiger partial charge is 0.272 e. The number of hydrogen-bond donors (Lipinski definition) is 3. The second kappa shape index (κ2) is 9.31. The van der Waals surface area contributed by atoms with E-state index < -0.39 is 17.9 Å². The first-order valence-electron chi connectivity index (χ1n) is 9.34. The molecule has 0 bridgehead atoms. The molecule has 0 aliphatic rings. The predicted molar refractivity (Wildman–Crippen MR) is 123 cm³/mol. The third-order valence-electron chi connectivity index (χ3n) is 4.18. The average Bonchev–Trinajstić information content (AvgIpc) is 3.21. The molecule has 0 aromatic carbocycles. The number of nitrogens with one attached hydrogen (secondary N) is 2. The van der Waals surface area contributed by atoms with Gasteiger partial charge in [-0.2, -0.15) is 0 Å². The highest BCUT2D eigenvalue weighted by atomic mass is 35.5. The molecule has 4 N–H and O–H groups in total. The minimum absolute atomic E-state index is 0.00621. The zero-order chi connectivity index (χ0) is 23.6. The second-order valence-corrected chi connectivity index (χ2v) is 9.62. The summed E-state index contributed by atoms with van der Waals surface area (Å²) in [6.45, 7) is 7.59. The summed E-state index contributed by atoms with van der Waals surface area (Å²) in [5.74, 6) is -0.827. The molecule has 0 saturated heterocycles. The Bertz CT molecular complexity index is 1180. The van der Waals surface area contributed by atoms with Crippen LogP contribution in [0.15, 0.2) is 18.7 Å². The summed E-state index contributed by atoms with van der Waals surface area (Å²) in [7, 11) is 0. The molecular weight excluding hydrogens is 475 g/mol. The molecule has 2 amide bonds. The van der Waals surface area contributed by atoms with Crippen molar-refractivity contribution in [2.75, 3.05) is 11.1 Å². The fourth-order valence-electron chi connectivity index (χ4n) is 2.58. The van der Waals surface area contributed by atoms with Crippen molar-refractivity contribution in [3.63, 3.8) is 0 Å². The minimum atomic E-state index is -0.540. The zero-order valence-electron chi connectivity index (χ0n) is 17.6. The van der Waals surface area contributed by atoms with Gasteiger partial charge in [-0.3, -0.25) is 14.9 Å². The number of anilines is 2. The lowest BCUT2D eigenvalue weighted by Crippen LogP contribution is -2.28. The molecule has 0 saturated carbocycles. The first-order chi connectivity index (χ1) is 15.0. The van der Waals surface area contributed by atoms with E-state index in [1.165, 1.54) is 12.4 Å². The lowest BCUT2D eigenvalue weighted by Gasteiger charge is -2.19. The van der Waals surface area contributed by atoms with Crippen molar-refractivity contribution < 1.29 is 9.59 Å². The van der Waals surface area contributed by atoms with E-state index in [9.17, 15) is 9.59 Å². The van der Waals surface area contributed by atoms with E-state index >= 15 is 0 Å². The lowest BCUT2D eigenvalue weighted by atomic mass is 9.92. The SMILES string of the molecule is CC(NC(=O)c1ncnc(N)c1Cl)c1ncc(C(=O)Nc2ncc(Cl)c(C(C)(C)C)n2)s1. The van der Waals surface area contributed by atoms with Crippen LogP contribution in [0.1, 0.15) is 64.6 Å². The maximum Gasteiger partial charge on any atom is 0.272 e. The summed E-state index contributed by atoms with van der Waals surface area (Å²) >= 11 is 13.3. The van der Waals surface area contributed by atoms with E-state index in [2.05, 4.69) is 35.6 Å². The van der Waals surface area contributed by atoms with Crippen LogP contribution in [0.25, 0.3) is 0 Å². The molecule has 13 heteroatoms. The van der Waals surface area contributed by atoms with Gasteiger partial charge < -0.3 is 11.1 Å². The average molecular weight is 495 g/mol. The highest BCUT2D eigenvalue weighted by Crippen LogP contribution is 2.28. The molecule has 1 unspecified atom stereocenters. The van der Waals surface area contributed by atoms with E-state index in [0.29, 0.717) is 20.6 Å². The highest BCUT2D eigenvalue weighted by molar-refractivity contribution is 7.13. The van der Waals surface area contributed by atoms with E-state index in [1.807, 2.05) is 20.8 Å². The maximum absolute atomic E-state index is 12.6. The van der Waals surface area contributed by atoms with Gasteiger partial charge in [0.05, 0.1) is 29.2 Å². The van der Waals surface area contributed by atoms with Crippen LogP contribution in [0.4, 0.5) is 11.8 Å². The Morgan fingerprint density at radius 2 is 1.81 bits per heavy atom. The fourth-order valence-corrected chi connectivity index (χ4v) is 3.95. The molecule has 168 valence electrons. The number of hydrogen-bond acceptors (Lipinski definition) is 9. The number of nitrogens with two attached hydrogens (primary N) is 1. The van der Waals surface area contributed by atoms with Crippen LogP contribution in [-0.4, -0.2) is 36.7 Å². The van der Waals surface area contributed by atoms with Crippen LogP contribution in [-0.2, 0) is 5.41 Å². The molecule has 1 atom stereocenters. The monoisotopic (exact) mass is 494 g/mol. The minimum Gasteiger partial charge on any atom is -0.382 e. The van der Waals surface area contributed by atoms with Crippen molar-refractivity contribution in [3.05, 3.63) is 50.0 Å². The van der Waals surface area contributed by atoms with Crippen LogP contribution in [0, 0.1) is 0 Å². The van der Waals surface area contributed by atoms with Gasteiger partial charge >= 0.3 is 0 Å². The van der Waals surface area contributed by atoms with Gasteiger partial charge in [0.15, 0.2) is 5.69 Å². The number of aromatic nitrogens is 5. The first-order valence-corrected chi connectivity index (χ1v) is 10.9.